The van der Waals surface area contributed by atoms with E-state index >= 15 is 0 Å². The third kappa shape index (κ3) is 4.53. The number of nitrogens with one attached hydrogen (secondary N) is 1. The predicted octanol–water partition coefficient (Wildman–Crippen LogP) is 2.33. The van der Waals surface area contributed by atoms with Gasteiger partial charge in [0, 0.05) is 31.5 Å². The molecule has 0 unspecified atom stereocenters. The average molecular weight is 402 g/mol. The highest BCUT2D eigenvalue weighted by Gasteiger charge is 2.21. The molecule has 1 heterocycles. The normalized spacial score (nSPS) is 11.3. The zero-order chi connectivity index (χ0) is 20.1. The van der Waals surface area contributed by atoms with E-state index in [1.54, 1.807) is 18.6 Å². The van der Waals surface area contributed by atoms with Gasteiger partial charge >= 0.3 is 5.69 Å². The number of rotatable bonds is 8. The van der Waals surface area contributed by atoms with Gasteiger partial charge in [-0.15, -0.1) is 0 Å². The van der Waals surface area contributed by atoms with Crippen LogP contribution in [0.15, 0.2) is 66.1 Å². The molecule has 9 nitrogen and oxygen atoms in total. The molecule has 0 saturated carbocycles. The fraction of sp³-hybridized carbons (Fsp3) is 0.167. The van der Waals surface area contributed by atoms with Crippen LogP contribution in [-0.4, -0.2) is 30.0 Å². The van der Waals surface area contributed by atoms with Crippen molar-refractivity contribution in [2.75, 3.05) is 7.11 Å². The number of nitro groups is 1. The minimum absolute atomic E-state index is 0.00356. The van der Waals surface area contributed by atoms with Crippen molar-refractivity contribution in [2.45, 2.75) is 18.0 Å². The molecule has 3 rings (SSSR count). The Kier molecular flexibility index (Phi) is 5.71. The SMILES string of the molecule is COc1ccc(S(=O)(=O)NCc2cccc(Cn3ccnc3)c2)cc1[N+](=O)[O-]. The minimum atomic E-state index is -3.93. The average Bonchev–Trinajstić information content (AvgIpc) is 3.19. The maximum absolute atomic E-state index is 12.5. The molecule has 0 atom stereocenters. The number of aromatic nitrogens is 2. The summed E-state index contributed by atoms with van der Waals surface area (Å²) in [6, 6.07) is 11.0. The number of benzene rings is 2. The van der Waals surface area contributed by atoms with Crippen LogP contribution in [0.25, 0.3) is 0 Å². The van der Waals surface area contributed by atoms with Crippen LogP contribution in [-0.2, 0) is 23.1 Å². The molecule has 0 bridgehead atoms. The maximum Gasteiger partial charge on any atom is 0.312 e. The molecular weight excluding hydrogens is 384 g/mol. The lowest BCUT2D eigenvalue weighted by atomic mass is 10.1. The van der Waals surface area contributed by atoms with Crippen LogP contribution < -0.4 is 9.46 Å². The van der Waals surface area contributed by atoms with Gasteiger partial charge in [-0.2, -0.15) is 0 Å². The molecule has 10 heteroatoms. The molecule has 3 aromatic rings. The van der Waals surface area contributed by atoms with E-state index in [1.807, 2.05) is 29.0 Å². The van der Waals surface area contributed by atoms with Crippen molar-refractivity contribution in [1.29, 1.82) is 0 Å². The van der Waals surface area contributed by atoms with Crippen molar-refractivity contribution in [2.24, 2.45) is 0 Å². The zero-order valence-corrected chi connectivity index (χ0v) is 15.8. The first-order valence-electron chi connectivity index (χ1n) is 8.25. The van der Waals surface area contributed by atoms with E-state index in [-0.39, 0.29) is 17.2 Å². The Labute approximate surface area is 161 Å². The van der Waals surface area contributed by atoms with Crippen LogP contribution >= 0.6 is 0 Å². The van der Waals surface area contributed by atoms with Crippen LogP contribution in [0.1, 0.15) is 11.1 Å². The second kappa shape index (κ2) is 8.19. The first-order valence-corrected chi connectivity index (χ1v) is 9.73. The summed E-state index contributed by atoms with van der Waals surface area (Å²) in [5.41, 5.74) is 1.35. The highest BCUT2D eigenvalue weighted by Crippen LogP contribution is 2.29. The van der Waals surface area contributed by atoms with Crippen LogP contribution in [0, 0.1) is 10.1 Å². The van der Waals surface area contributed by atoms with Crippen molar-refractivity contribution >= 4 is 15.7 Å². The summed E-state index contributed by atoms with van der Waals surface area (Å²) >= 11 is 0. The molecule has 0 saturated heterocycles. The fourth-order valence-corrected chi connectivity index (χ4v) is 3.71. The number of methoxy groups -OCH3 is 1. The van der Waals surface area contributed by atoms with Gasteiger partial charge in [0.05, 0.1) is 23.3 Å². The minimum Gasteiger partial charge on any atom is -0.490 e. The zero-order valence-electron chi connectivity index (χ0n) is 15.0. The Morgan fingerprint density at radius 1 is 1.21 bits per heavy atom. The molecule has 0 aliphatic rings. The first kappa shape index (κ1) is 19.5. The molecule has 0 amide bonds. The molecule has 0 aliphatic carbocycles. The molecule has 0 radical (unpaired) electrons. The summed E-state index contributed by atoms with van der Waals surface area (Å²) in [6.07, 6.45) is 5.23. The van der Waals surface area contributed by atoms with E-state index < -0.39 is 20.6 Å². The van der Waals surface area contributed by atoms with E-state index in [4.69, 9.17) is 4.74 Å². The highest BCUT2D eigenvalue weighted by atomic mass is 32.2. The monoisotopic (exact) mass is 402 g/mol. The number of hydrogen-bond donors (Lipinski definition) is 1. The molecule has 1 N–H and O–H groups in total. The van der Waals surface area contributed by atoms with Gasteiger partial charge in [-0.25, -0.2) is 18.1 Å². The van der Waals surface area contributed by atoms with Crippen LogP contribution in [0.3, 0.4) is 0 Å². The van der Waals surface area contributed by atoms with Gasteiger partial charge in [0.15, 0.2) is 5.75 Å². The van der Waals surface area contributed by atoms with Crippen molar-refractivity contribution in [3.05, 3.63) is 82.4 Å². The molecule has 1 aromatic heterocycles. The molecule has 0 aliphatic heterocycles. The molecule has 0 fully saturated rings. The van der Waals surface area contributed by atoms with Crippen molar-refractivity contribution in [3.8, 4) is 5.75 Å². The highest BCUT2D eigenvalue weighted by molar-refractivity contribution is 7.89. The van der Waals surface area contributed by atoms with Gasteiger partial charge in [0.25, 0.3) is 0 Å². The van der Waals surface area contributed by atoms with Gasteiger partial charge in [0.1, 0.15) is 0 Å². The molecule has 146 valence electrons. The number of hydrogen-bond acceptors (Lipinski definition) is 6. The van der Waals surface area contributed by atoms with Crippen molar-refractivity contribution in [1.82, 2.24) is 14.3 Å². The van der Waals surface area contributed by atoms with Gasteiger partial charge in [0.2, 0.25) is 10.0 Å². The van der Waals surface area contributed by atoms with Gasteiger partial charge < -0.3 is 9.30 Å². The summed E-state index contributed by atoms with van der Waals surface area (Å²) < 4.78 is 34.3. The Balaban J connectivity index is 1.75. The lowest BCUT2D eigenvalue weighted by molar-refractivity contribution is -0.386. The second-order valence-corrected chi connectivity index (χ2v) is 7.74. The van der Waals surface area contributed by atoms with E-state index in [1.165, 1.54) is 19.2 Å². The number of sulfonamides is 1. The number of nitro benzene ring substituents is 1. The standard InChI is InChI=1S/C18H18N4O5S/c1-27-18-6-5-16(10-17(18)22(23)24)28(25,26)20-11-14-3-2-4-15(9-14)12-21-8-7-19-13-21/h2-10,13,20H,11-12H2,1H3. The summed E-state index contributed by atoms with van der Waals surface area (Å²) in [7, 11) is -2.64. The lowest BCUT2D eigenvalue weighted by Gasteiger charge is -2.10. The Hall–Kier alpha value is -3.24. The van der Waals surface area contributed by atoms with E-state index in [2.05, 4.69) is 9.71 Å². The molecule has 28 heavy (non-hydrogen) atoms. The van der Waals surface area contributed by atoms with E-state index in [9.17, 15) is 18.5 Å². The van der Waals surface area contributed by atoms with Crippen LogP contribution in [0.5, 0.6) is 5.75 Å². The van der Waals surface area contributed by atoms with Gasteiger partial charge in [-0.1, -0.05) is 24.3 Å². The van der Waals surface area contributed by atoms with Gasteiger partial charge in [-0.3, -0.25) is 10.1 Å². The van der Waals surface area contributed by atoms with Crippen molar-refractivity contribution < 1.29 is 18.1 Å². The summed E-state index contributed by atoms with van der Waals surface area (Å²) in [5, 5.41) is 11.1. The number of ether oxygens (including phenoxy) is 1. The number of nitrogens with zero attached hydrogens (tertiary/aromatic N) is 3. The fourth-order valence-electron chi connectivity index (χ4n) is 2.67. The van der Waals surface area contributed by atoms with E-state index in [0.717, 1.165) is 17.2 Å². The molecule has 0 spiro atoms. The maximum atomic E-state index is 12.5. The second-order valence-electron chi connectivity index (χ2n) is 5.97. The molecule has 2 aromatic carbocycles. The van der Waals surface area contributed by atoms with E-state index in [0.29, 0.717) is 6.54 Å². The largest absolute Gasteiger partial charge is 0.490 e. The molecular formula is C18H18N4O5S. The van der Waals surface area contributed by atoms with Gasteiger partial charge in [-0.05, 0) is 23.3 Å². The lowest BCUT2D eigenvalue weighted by Crippen LogP contribution is -2.23. The number of imidazole rings is 1. The van der Waals surface area contributed by atoms with Crippen LogP contribution in [0.4, 0.5) is 5.69 Å². The third-order valence-corrected chi connectivity index (χ3v) is 5.44. The topological polar surface area (TPSA) is 116 Å². The smallest absolute Gasteiger partial charge is 0.312 e. The Bertz CT molecular complexity index is 1080. The first-order chi connectivity index (χ1) is 13.4. The quantitative estimate of drug-likeness (QED) is 0.457. The third-order valence-electron chi connectivity index (χ3n) is 4.04. The predicted molar refractivity (Wildman–Crippen MR) is 101 cm³/mol. The summed E-state index contributed by atoms with van der Waals surface area (Å²) in [6.45, 7) is 0.672. The van der Waals surface area contributed by atoms with Crippen LogP contribution in [0.2, 0.25) is 0 Å². The Morgan fingerprint density at radius 3 is 2.68 bits per heavy atom. The summed E-state index contributed by atoms with van der Waals surface area (Å²) in [5.74, 6) is -0.00356. The Morgan fingerprint density at radius 2 is 2.00 bits per heavy atom. The van der Waals surface area contributed by atoms with Crippen molar-refractivity contribution in [3.63, 3.8) is 0 Å². The summed E-state index contributed by atoms with van der Waals surface area (Å²) in [4.78, 5) is 14.2.